The van der Waals surface area contributed by atoms with E-state index in [-0.39, 0.29) is 17.8 Å². The number of benzene rings is 3. The van der Waals surface area contributed by atoms with E-state index < -0.39 is 5.97 Å². The van der Waals surface area contributed by atoms with Crippen LogP contribution in [0, 0.1) is 5.82 Å². The number of carbonyl (C=O) groups is 2. The Labute approximate surface area is 155 Å². The Hall–Kier alpha value is -3.47. The molecule has 1 heterocycles. The first kappa shape index (κ1) is 17.0. The predicted molar refractivity (Wildman–Crippen MR) is 99.1 cm³/mol. The number of halogens is 1. The van der Waals surface area contributed by atoms with Crippen molar-refractivity contribution in [1.82, 2.24) is 0 Å². The molecule has 0 spiro atoms. The highest BCUT2D eigenvalue weighted by molar-refractivity contribution is 6.05. The molecule has 4 nitrogen and oxygen atoms in total. The van der Waals surface area contributed by atoms with Gasteiger partial charge in [0.05, 0.1) is 5.56 Å². The molecule has 3 aromatic carbocycles. The highest BCUT2D eigenvalue weighted by Gasteiger charge is 2.28. The van der Waals surface area contributed by atoms with Gasteiger partial charge in [-0.05, 0) is 53.6 Å². The maximum absolute atomic E-state index is 13.0. The summed E-state index contributed by atoms with van der Waals surface area (Å²) in [6, 6.07) is 20.0. The maximum Gasteiger partial charge on any atom is 0.339 e. The maximum atomic E-state index is 13.0. The summed E-state index contributed by atoms with van der Waals surface area (Å²) in [5.41, 5.74) is 3.09. The molecule has 0 aliphatic carbocycles. The fourth-order valence-electron chi connectivity index (χ4n) is 3.13. The van der Waals surface area contributed by atoms with Gasteiger partial charge in [-0.15, -0.1) is 0 Å². The lowest BCUT2D eigenvalue weighted by molar-refractivity contribution is 0.0252. The average Bonchev–Trinajstić information content (AvgIpc) is 2.70. The van der Waals surface area contributed by atoms with Crippen LogP contribution in [0.5, 0.6) is 0 Å². The minimum Gasteiger partial charge on any atom is -0.454 e. The molecule has 4 rings (SSSR count). The quantitative estimate of drug-likeness (QED) is 0.697. The highest BCUT2D eigenvalue weighted by atomic mass is 19.1. The number of carbonyl (C=O) groups excluding carboxylic acids is 2. The second-order valence-corrected chi connectivity index (χ2v) is 6.34. The van der Waals surface area contributed by atoms with Crippen molar-refractivity contribution >= 4 is 17.6 Å². The Morgan fingerprint density at radius 3 is 2.48 bits per heavy atom. The minimum atomic E-state index is -0.393. The normalized spacial score (nSPS) is 15.6. The van der Waals surface area contributed by atoms with Crippen LogP contribution >= 0.6 is 0 Å². The summed E-state index contributed by atoms with van der Waals surface area (Å²) in [4.78, 5) is 24.8. The number of hydrogen-bond acceptors (Lipinski definition) is 3. The molecule has 1 amide bonds. The zero-order valence-corrected chi connectivity index (χ0v) is 14.3. The fraction of sp³-hybridized carbons (Fsp3) is 0.0909. The summed E-state index contributed by atoms with van der Waals surface area (Å²) in [7, 11) is 0. The second-order valence-electron chi connectivity index (χ2n) is 6.34. The van der Waals surface area contributed by atoms with Gasteiger partial charge in [0.2, 0.25) is 0 Å². The third kappa shape index (κ3) is 3.58. The minimum absolute atomic E-state index is 0.320. The first-order chi connectivity index (χ1) is 13.1. The summed E-state index contributed by atoms with van der Waals surface area (Å²) in [5, 5.41) is 2.72. The van der Waals surface area contributed by atoms with E-state index in [0.29, 0.717) is 23.2 Å². The van der Waals surface area contributed by atoms with Crippen LogP contribution in [0.3, 0.4) is 0 Å². The molecular weight excluding hydrogens is 345 g/mol. The van der Waals surface area contributed by atoms with Gasteiger partial charge < -0.3 is 10.1 Å². The summed E-state index contributed by atoms with van der Waals surface area (Å²) < 4.78 is 18.5. The number of ether oxygens (including phenoxy) is 1. The van der Waals surface area contributed by atoms with E-state index in [9.17, 15) is 14.0 Å². The molecule has 1 aliphatic rings. The van der Waals surface area contributed by atoms with Crippen LogP contribution in [0.15, 0.2) is 72.8 Å². The van der Waals surface area contributed by atoms with Crippen LogP contribution in [0.1, 0.15) is 37.9 Å². The standard InChI is InChI=1S/C22H16FNO3/c23-17-7-9-18(10-8-17)24-21(25)15-6-11-19-16(12-15)13-20(27-22(19)26)14-4-2-1-3-5-14/h1-12,20H,13H2,(H,24,25)/t20-/m1/s1. The summed E-state index contributed by atoms with van der Waals surface area (Å²) in [5.74, 6) is -1.08. The van der Waals surface area contributed by atoms with Crippen molar-refractivity contribution in [2.75, 3.05) is 5.32 Å². The fourth-order valence-corrected chi connectivity index (χ4v) is 3.13. The molecule has 0 unspecified atom stereocenters. The van der Waals surface area contributed by atoms with Gasteiger partial charge in [-0.25, -0.2) is 9.18 Å². The van der Waals surface area contributed by atoms with Crippen molar-refractivity contribution in [2.24, 2.45) is 0 Å². The lowest BCUT2D eigenvalue weighted by Crippen LogP contribution is -2.23. The van der Waals surface area contributed by atoms with Crippen molar-refractivity contribution in [2.45, 2.75) is 12.5 Å². The second kappa shape index (κ2) is 7.03. The van der Waals surface area contributed by atoms with E-state index in [1.807, 2.05) is 30.3 Å². The Balaban J connectivity index is 1.58. The summed E-state index contributed by atoms with van der Waals surface area (Å²) >= 11 is 0. The number of cyclic esters (lactones) is 1. The molecule has 0 fully saturated rings. The molecular formula is C22H16FNO3. The SMILES string of the molecule is O=C(Nc1ccc(F)cc1)c1ccc2c(c1)C[C@H](c1ccccc1)OC2=O. The first-order valence-corrected chi connectivity index (χ1v) is 8.56. The predicted octanol–water partition coefficient (Wildman–Crippen LogP) is 4.53. The van der Waals surface area contributed by atoms with E-state index in [4.69, 9.17) is 4.74 Å². The smallest absolute Gasteiger partial charge is 0.339 e. The Morgan fingerprint density at radius 1 is 1.00 bits per heavy atom. The molecule has 0 radical (unpaired) electrons. The molecule has 5 heteroatoms. The van der Waals surface area contributed by atoms with E-state index in [2.05, 4.69) is 5.32 Å². The Bertz CT molecular complexity index is 1000. The Morgan fingerprint density at radius 2 is 1.74 bits per heavy atom. The average molecular weight is 361 g/mol. The van der Waals surface area contributed by atoms with Crippen molar-refractivity contribution in [3.05, 3.63) is 101 Å². The van der Waals surface area contributed by atoms with Crippen LogP contribution in [0.25, 0.3) is 0 Å². The van der Waals surface area contributed by atoms with Gasteiger partial charge in [0.1, 0.15) is 11.9 Å². The van der Waals surface area contributed by atoms with Gasteiger partial charge >= 0.3 is 5.97 Å². The largest absolute Gasteiger partial charge is 0.454 e. The molecule has 3 aromatic rings. The zero-order chi connectivity index (χ0) is 18.8. The van der Waals surface area contributed by atoms with Gasteiger partial charge in [-0.2, -0.15) is 0 Å². The first-order valence-electron chi connectivity index (χ1n) is 8.56. The number of anilines is 1. The summed E-state index contributed by atoms with van der Waals surface area (Å²) in [6.07, 6.45) is 0.129. The molecule has 1 atom stereocenters. The van der Waals surface area contributed by atoms with Gasteiger partial charge in [0.25, 0.3) is 5.91 Å². The van der Waals surface area contributed by atoms with Crippen LogP contribution in [0.2, 0.25) is 0 Å². The number of esters is 1. The zero-order valence-electron chi connectivity index (χ0n) is 14.3. The van der Waals surface area contributed by atoms with Crippen LogP contribution in [0.4, 0.5) is 10.1 Å². The molecule has 27 heavy (non-hydrogen) atoms. The molecule has 0 saturated heterocycles. The summed E-state index contributed by atoms with van der Waals surface area (Å²) in [6.45, 7) is 0. The van der Waals surface area contributed by atoms with Gasteiger partial charge in [-0.3, -0.25) is 4.79 Å². The van der Waals surface area contributed by atoms with Crippen molar-refractivity contribution < 1.29 is 18.7 Å². The van der Waals surface area contributed by atoms with Crippen molar-refractivity contribution in [1.29, 1.82) is 0 Å². The van der Waals surface area contributed by atoms with Crippen LogP contribution in [-0.4, -0.2) is 11.9 Å². The van der Waals surface area contributed by atoms with Crippen molar-refractivity contribution in [3.63, 3.8) is 0 Å². The van der Waals surface area contributed by atoms with Gasteiger partial charge in [-0.1, -0.05) is 30.3 Å². The monoisotopic (exact) mass is 361 g/mol. The topological polar surface area (TPSA) is 55.4 Å². The third-order valence-electron chi connectivity index (χ3n) is 4.52. The van der Waals surface area contributed by atoms with E-state index in [0.717, 1.165) is 11.1 Å². The molecule has 0 aromatic heterocycles. The third-order valence-corrected chi connectivity index (χ3v) is 4.52. The number of fused-ring (bicyclic) bond motifs is 1. The van der Waals surface area contributed by atoms with E-state index in [1.165, 1.54) is 24.3 Å². The number of rotatable bonds is 3. The van der Waals surface area contributed by atoms with Gasteiger partial charge in [0, 0.05) is 17.7 Å². The molecule has 1 N–H and O–H groups in total. The lowest BCUT2D eigenvalue weighted by Gasteiger charge is -2.25. The molecule has 0 bridgehead atoms. The van der Waals surface area contributed by atoms with Crippen LogP contribution in [-0.2, 0) is 11.2 Å². The number of nitrogens with one attached hydrogen (secondary N) is 1. The van der Waals surface area contributed by atoms with Crippen LogP contribution < -0.4 is 5.32 Å². The number of amides is 1. The molecule has 0 saturated carbocycles. The highest BCUT2D eigenvalue weighted by Crippen LogP contribution is 2.31. The van der Waals surface area contributed by atoms with Crippen molar-refractivity contribution in [3.8, 4) is 0 Å². The number of hydrogen-bond donors (Lipinski definition) is 1. The Kier molecular flexibility index (Phi) is 4.42. The lowest BCUT2D eigenvalue weighted by atomic mass is 9.93. The molecule has 134 valence electrons. The van der Waals surface area contributed by atoms with Gasteiger partial charge in [0.15, 0.2) is 0 Å². The molecule has 1 aliphatic heterocycles. The van der Waals surface area contributed by atoms with E-state index in [1.54, 1.807) is 18.2 Å². The van der Waals surface area contributed by atoms with E-state index >= 15 is 0 Å².